The monoisotopic (exact) mass is 386 g/mol. The van der Waals surface area contributed by atoms with Crippen molar-refractivity contribution in [3.8, 4) is 10.6 Å². The maximum atomic E-state index is 12.1. The number of rotatable bonds is 5. The van der Waals surface area contributed by atoms with E-state index in [-0.39, 0.29) is 11.4 Å². The second kappa shape index (κ2) is 8.50. The summed E-state index contributed by atoms with van der Waals surface area (Å²) in [6, 6.07) is 8.68. The largest absolute Gasteiger partial charge is 0.351 e. The maximum Gasteiger partial charge on any atom is 0.226 e. The van der Waals surface area contributed by atoms with Gasteiger partial charge in [0.05, 0.1) is 12.1 Å². The van der Waals surface area contributed by atoms with Gasteiger partial charge in [-0.3, -0.25) is 9.69 Å². The number of likely N-dealkylation sites (N-methyl/N-ethyl adjacent to an activating group) is 1. The van der Waals surface area contributed by atoms with Gasteiger partial charge in [-0.1, -0.05) is 24.3 Å². The molecule has 1 aliphatic rings. The van der Waals surface area contributed by atoms with Gasteiger partial charge < -0.3 is 10.2 Å². The van der Waals surface area contributed by atoms with Crippen molar-refractivity contribution in [1.29, 1.82) is 0 Å². The average Bonchev–Trinajstić information content (AvgIpc) is 3.04. The maximum absolute atomic E-state index is 12.1. The van der Waals surface area contributed by atoms with Crippen LogP contribution in [0.25, 0.3) is 10.6 Å². The summed E-state index contributed by atoms with van der Waals surface area (Å²) in [7, 11) is 2.18. The topological polar surface area (TPSA) is 48.5 Å². The van der Waals surface area contributed by atoms with Crippen LogP contribution in [0.15, 0.2) is 29.6 Å². The van der Waals surface area contributed by atoms with E-state index >= 15 is 0 Å². The molecule has 1 amide bonds. The fourth-order valence-corrected chi connectivity index (χ4v) is 3.99. The van der Waals surface area contributed by atoms with E-state index in [9.17, 15) is 4.79 Å². The van der Waals surface area contributed by atoms with Crippen molar-refractivity contribution in [3.63, 3.8) is 0 Å². The fourth-order valence-electron chi connectivity index (χ4n) is 3.16. The lowest BCUT2D eigenvalue weighted by Gasteiger charge is -2.32. The van der Waals surface area contributed by atoms with Crippen LogP contribution in [0, 0.1) is 0 Å². The molecule has 1 N–H and O–H groups in total. The highest BCUT2D eigenvalue weighted by Gasteiger charge is 2.16. The van der Waals surface area contributed by atoms with Crippen molar-refractivity contribution in [2.45, 2.75) is 39.3 Å². The van der Waals surface area contributed by atoms with Crippen LogP contribution < -0.4 is 5.32 Å². The van der Waals surface area contributed by atoms with Gasteiger partial charge in [0.15, 0.2) is 0 Å². The van der Waals surface area contributed by atoms with Crippen molar-refractivity contribution in [3.05, 3.63) is 40.9 Å². The molecule has 6 heteroatoms. The summed E-state index contributed by atoms with van der Waals surface area (Å²) >= 11 is 1.60. The minimum absolute atomic E-state index is 0.0156. The lowest BCUT2D eigenvalue weighted by molar-refractivity contribution is -0.121. The first kappa shape index (κ1) is 20.0. The molecule has 27 heavy (non-hydrogen) atoms. The van der Waals surface area contributed by atoms with Crippen LogP contribution in [0.5, 0.6) is 0 Å². The number of nitrogens with one attached hydrogen (secondary N) is 1. The zero-order valence-electron chi connectivity index (χ0n) is 16.8. The predicted molar refractivity (Wildman–Crippen MR) is 112 cm³/mol. The number of carbonyl (C=O) groups excluding carboxylic acids is 1. The highest BCUT2D eigenvalue weighted by molar-refractivity contribution is 7.13. The Balaban J connectivity index is 1.57. The van der Waals surface area contributed by atoms with E-state index in [2.05, 4.69) is 51.4 Å². The summed E-state index contributed by atoms with van der Waals surface area (Å²) in [4.78, 5) is 21.6. The van der Waals surface area contributed by atoms with Crippen molar-refractivity contribution in [1.82, 2.24) is 20.1 Å². The molecule has 0 unspecified atom stereocenters. The third-order valence-electron chi connectivity index (χ3n) is 4.61. The van der Waals surface area contributed by atoms with E-state index in [1.807, 2.05) is 26.2 Å². The molecule has 1 fully saturated rings. The highest BCUT2D eigenvalue weighted by atomic mass is 32.1. The van der Waals surface area contributed by atoms with Crippen LogP contribution in [-0.2, 0) is 17.8 Å². The van der Waals surface area contributed by atoms with Crippen LogP contribution >= 0.6 is 11.3 Å². The number of hydrogen-bond acceptors (Lipinski definition) is 5. The van der Waals surface area contributed by atoms with Gasteiger partial charge in [-0.15, -0.1) is 11.3 Å². The molecule has 1 aliphatic heterocycles. The van der Waals surface area contributed by atoms with E-state index in [4.69, 9.17) is 0 Å². The standard InChI is InChI=1S/C21H30N4OS/c1-21(2,3)23-19(26)13-18-15-27-20(22-18)17-7-5-16(6-8-17)14-25-11-9-24(4)10-12-25/h5-8,15H,9-14H2,1-4H3,(H,23,26). The molecule has 5 nitrogen and oxygen atoms in total. The number of thiazole rings is 1. The van der Waals surface area contributed by atoms with Crippen LogP contribution in [0.1, 0.15) is 32.0 Å². The quantitative estimate of drug-likeness (QED) is 0.858. The van der Waals surface area contributed by atoms with Crippen molar-refractivity contribution in [2.75, 3.05) is 33.2 Å². The van der Waals surface area contributed by atoms with Gasteiger partial charge >= 0.3 is 0 Å². The van der Waals surface area contributed by atoms with Gasteiger partial charge in [0.25, 0.3) is 0 Å². The molecular formula is C21H30N4OS. The molecule has 1 aromatic carbocycles. The Labute approximate surface area is 166 Å². The number of piperazine rings is 1. The molecule has 0 aliphatic carbocycles. The zero-order chi connectivity index (χ0) is 19.4. The second-order valence-electron chi connectivity index (χ2n) is 8.40. The predicted octanol–water partition coefficient (Wildman–Crippen LogP) is 3.01. The number of hydrogen-bond donors (Lipinski definition) is 1. The van der Waals surface area contributed by atoms with E-state index in [0.29, 0.717) is 6.42 Å². The number of nitrogens with zero attached hydrogens (tertiary/aromatic N) is 3. The molecule has 0 radical (unpaired) electrons. The molecule has 3 rings (SSSR count). The highest BCUT2D eigenvalue weighted by Crippen LogP contribution is 2.24. The molecule has 1 aromatic heterocycles. The minimum Gasteiger partial charge on any atom is -0.351 e. The first-order chi connectivity index (χ1) is 12.8. The van der Waals surface area contributed by atoms with E-state index in [1.165, 1.54) is 5.56 Å². The molecule has 0 saturated carbocycles. The van der Waals surface area contributed by atoms with Crippen molar-refractivity contribution < 1.29 is 4.79 Å². The Kier molecular flexibility index (Phi) is 6.29. The molecule has 1 saturated heterocycles. The second-order valence-corrected chi connectivity index (χ2v) is 9.25. The Morgan fingerprint density at radius 3 is 2.44 bits per heavy atom. The van der Waals surface area contributed by atoms with Gasteiger partial charge in [-0.25, -0.2) is 4.98 Å². The van der Waals surface area contributed by atoms with E-state index < -0.39 is 0 Å². The van der Waals surface area contributed by atoms with Crippen LogP contribution in [-0.4, -0.2) is 59.5 Å². The Bertz CT molecular complexity index is 755. The van der Waals surface area contributed by atoms with Gasteiger partial charge in [0.2, 0.25) is 5.91 Å². The first-order valence-corrected chi connectivity index (χ1v) is 10.4. The summed E-state index contributed by atoms with van der Waals surface area (Å²) in [6.45, 7) is 11.5. The van der Waals surface area contributed by atoms with Gasteiger partial charge in [-0.2, -0.15) is 0 Å². The van der Waals surface area contributed by atoms with Crippen LogP contribution in [0.4, 0.5) is 0 Å². The SMILES string of the molecule is CN1CCN(Cc2ccc(-c3nc(CC(=O)NC(C)(C)C)cs3)cc2)CC1. The Hall–Kier alpha value is -1.76. The Morgan fingerprint density at radius 2 is 1.81 bits per heavy atom. The Morgan fingerprint density at radius 1 is 1.15 bits per heavy atom. The van der Waals surface area contributed by atoms with Gasteiger partial charge in [0, 0.05) is 49.2 Å². The molecule has 0 bridgehead atoms. The lowest BCUT2D eigenvalue weighted by atomic mass is 10.1. The third kappa shape index (κ3) is 6.13. The molecule has 2 heterocycles. The van der Waals surface area contributed by atoms with Gasteiger partial charge in [0.1, 0.15) is 5.01 Å². The normalized spacial score (nSPS) is 16.4. The molecule has 0 atom stereocenters. The smallest absolute Gasteiger partial charge is 0.226 e. The third-order valence-corrected chi connectivity index (χ3v) is 5.55. The van der Waals surface area contributed by atoms with Crippen LogP contribution in [0.2, 0.25) is 0 Å². The average molecular weight is 387 g/mol. The number of amides is 1. The number of aromatic nitrogens is 1. The molecular weight excluding hydrogens is 356 g/mol. The van der Waals surface area contributed by atoms with E-state index in [0.717, 1.165) is 49.0 Å². The van der Waals surface area contributed by atoms with Crippen molar-refractivity contribution >= 4 is 17.2 Å². The fraction of sp³-hybridized carbons (Fsp3) is 0.524. The summed E-state index contributed by atoms with van der Waals surface area (Å²) < 4.78 is 0. The van der Waals surface area contributed by atoms with Gasteiger partial charge in [-0.05, 0) is 33.4 Å². The summed E-state index contributed by atoms with van der Waals surface area (Å²) in [6.07, 6.45) is 0.329. The summed E-state index contributed by atoms with van der Waals surface area (Å²) in [5.41, 5.74) is 3.07. The molecule has 2 aromatic rings. The molecule has 0 spiro atoms. The van der Waals surface area contributed by atoms with Crippen LogP contribution in [0.3, 0.4) is 0 Å². The number of benzene rings is 1. The molecule has 146 valence electrons. The summed E-state index contributed by atoms with van der Waals surface area (Å²) in [5.74, 6) is 0.0156. The minimum atomic E-state index is -0.213. The van der Waals surface area contributed by atoms with Crippen molar-refractivity contribution in [2.24, 2.45) is 0 Å². The number of carbonyl (C=O) groups is 1. The lowest BCUT2D eigenvalue weighted by Crippen LogP contribution is -2.43. The first-order valence-electron chi connectivity index (χ1n) is 9.54. The van der Waals surface area contributed by atoms with E-state index in [1.54, 1.807) is 11.3 Å². The summed E-state index contributed by atoms with van der Waals surface area (Å²) in [5, 5.41) is 5.94. The zero-order valence-corrected chi connectivity index (χ0v) is 17.6.